The van der Waals surface area contributed by atoms with E-state index in [1.807, 2.05) is 11.1 Å². The molecule has 1 aliphatic heterocycles. The molecule has 0 bridgehead atoms. The van der Waals surface area contributed by atoms with Crippen molar-refractivity contribution in [2.24, 2.45) is 0 Å². The number of hydrogen-bond acceptors (Lipinski definition) is 4. The molecule has 1 fully saturated rings. The minimum absolute atomic E-state index is 0.105. The Morgan fingerprint density at radius 3 is 2.68 bits per heavy atom. The van der Waals surface area contributed by atoms with Crippen molar-refractivity contribution in [2.45, 2.75) is 45.6 Å². The van der Waals surface area contributed by atoms with Gasteiger partial charge in [0.05, 0.1) is 11.6 Å². The number of hydrogen-bond donors (Lipinski definition) is 1. The van der Waals surface area contributed by atoms with Crippen LogP contribution in [0, 0.1) is 0 Å². The molecule has 19 heavy (non-hydrogen) atoms. The van der Waals surface area contributed by atoms with Gasteiger partial charge in [0.25, 0.3) is 0 Å². The number of aromatic nitrogens is 1. The lowest BCUT2D eigenvalue weighted by atomic mass is 9.98. The molecule has 106 valence electrons. The average Bonchev–Trinajstić information content (AvgIpc) is 2.99. The fraction of sp³-hybridized carbons (Fsp3) is 0.714. The van der Waals surface area contributed by atoms with Crippen molar-refractivity contribution >= 4 is 17.2 Å². The SMILES string of the molecule is CC(C)(C)c1ncc(CNCC(=O)N2CCCC2)s1. The quantitative estimate of drug-likeness (QED) is 0.920. The zero-order valence-corrected chi connectivity index (χ0v) is 12.8. The molecule has 0 radical (unpaired) electrons. The van der Waals surface area contributed by atoms with Crippen LogP contribution in [0.5, 0.6) is 0 Å². The van der Waals surface area contributed by atoms with Crippen LogP contribution in [-0.2, 0) is 16.8 Å². The zero-order chi connectivity index (χ0) is 13.9. The highest BCUT2D eigenvalue weighted by molar-refractivity contribution is 7.11. The molecule has 1 N–H and O–H groups in total. The third-order valence-electron chi connectivity index (χ3n) is 3.23. The van der Waals surface area contributed by atoms with E-state index in [0.717, 1.165) is 37.5 Å². The van der Waals surface area contributed by atoms with E-state index >= 15 is 0 Å². The summed E-state index contributed by atoms with van der Waals surface area (Å²) in [6.45, 7) is 9.51. The monoisotopic (exact) mass is 281 g/mol. The van der Waals surface area contributed by atoms with Crippen molar-refractivity contribution < 1.29 is 4.79 Å². The number of carbonyl (C=O) groups excluding carboxylic acids is 1. The molecule has 0 aliphatic carbocycles. The molecule has 0 aromatic carbocycles. The molecule has 5 heteroatoms. The van der Waals surface area contributed by atoms with Gasteiger partial charge >= 0.3 is 0 Å². The summed E-state index contributed by atoms with van der Waals surface area (Å²) in [5.74, 6) is 0.220. The first-order valence-corrected chi connectivity index (χ1v) is 7.72. The van der Waals surface area contributed by atoms with Gasteiger partial charge in [-0.25, -0.2) is 4.98 Å². The van der Waals surface area contributed by atoms with Crippen molar-refractivity contribution in [2.75, 3.05) is 19.6 Å². The lowest BCUT2D eigenvalue weighted by Crippen LogP contribution is -2.35. The third-order valence-corrected chi connectivity index (χ3v) is 4.65. The fourth-order valence-corrected chi connectivity index (χ4v) is 3.05. The predicted molar refractivity (Wildman–Crippen MR) is 78.3 cm³/mol. The third kappa shape index (κ3) is 4.01. The molecular formula is C14H23N3OS. The summed E-state index contributed by atoms with van der Waals surface area (Å²) in [5.41, 5.74) is 0.105. The highest BCUT2D eigenvalue weighted by Gasteiger charge is 2.19. The molecule has 1 saturated heterocycles. The summed E-state index contributed by atoms with van der Waals surface area (Å²) in [6, 6.07) is 0. The van der Waals surface area contributed by atoms with Gasteiger partial charge in [-0.3, -0.25) is 4.79 Å². The molecule has 0 saturated carbocycles. The van der Waals surface area contributed by atoms with Crippen LogP contribution in [-0.4, -0.2) is 35.4 Å². The molecule has 1 amide bonds. The number of amides is 1. The second-order valence-corrected chi connectivity index (χ2v) is 7.19. The maximum absolute atomic E-state index is 11.9. The van der Waals surface area contributed by atoms with Gasteiger partial charge in [0, 0.05) is 36.1 Å². The molecule has 0 unspecified atom stereocenters. The first-order valence-electron chi connectivity index (χ1n) is 6.90. The molecule has 2 rings (SSSR count). The first kappa shape index (κ1) is 14.5. The Morgan fingerprint density at radius 1 is 1.42 bits per heavy atom. The van der Waals surface area contributed by atoms with E-state index in [4.69, 9.17) is 0 Å². The highest BCUT2D eigenvalue weighted by Crippen LogP contribution is 2.26. The van der Waals surface area contributed by atoms with Gasteiger partial charge in [0.1, 0.15) is 0 Å². The number of nitrogens with zero attached hydrogens (tertiary/aromatic N) is 2. The summed E-state index contributed by atoms with van der Waals surface area (Å²) in [4.78, 5) is 19.4. The van der Waals surface area contributed by atoms with Gasteiger partial charge < -0.3 is 10.2 Å². The Hall–Kier alpha value is -0.940. The van der Waals surface area contributed by atoms with E-state index in [-0.39, 0.29) is 11.3 Å². The van der Waals surface area contributed by atoms with Crippen LogP contribution in [0.25, 0.3) is 0 Å². The highest BCUT2D eigenvalue weighted by atomic mass is 32.1. The molecular weight excluding hydrogens is 258 g/mol. The topological polar surface area (TPSA) is 45.2 Å². The van der Waals surface area contributed by atoms with E-state index in [1.54, 1.807) is 11.3 Å². The molecule has 0 spiro atoms. The predicted octanol–water partition coefficient (Wildman–Crippen LogP) is 2.15. The van der Waals surface area contributed by atoms with E-state index in [9.17, 15) is 4.79 Å². The number of thiazole rings is 1. The maximum atomic E-state index is 11.9. The average molecular weight is 281 g/mol. The number of nitrogens with one attached hydrogen (secondary N) is 1. The maximum Gasteiger partial charge on any atom is 0.236 e. The largest absolute Gasteiger partial charge is 0.342 e. The Labute approximate surface area is 119 Å². The summed E-state index contributed by atoms with van der Waals surface area (Å²) < 4.78 is 0. The van der Waals surface area contributed by atoms with Crippen LogP contribution in [0.2, 0.25) is 0 Å². The van der Waals surface area contributed by atoms with Crippen molar-refractivity contribution in [3.8, 4) is 0 Å². The number of rotatable bonds is 4. The normalized spacial score (nSPS) is 16.1. The van der Waals surface area contributed by atoms with E-state index in [0.29, 0.717) is 6.54 Å². The molecule has 1 aromatic heterocycles. The standard InChI is InChI=1S/C14H23N3OS/c1-14(2,3)13-16-9-11(19-13)8-15-10-12(18)17-6-4-5-7-17/h9,15H,4-8,10H2,1-3H3. The van der Waals surface area contributed by atoms with Crippen LogP contribution in [0.1, 0.15) is 43.5 Å². The molecule has 1 aliphatic rings. The molecule has 0 atom stereocenters. The summed E-state index contributed by atoms with van der Waals surface area (Å²) >= 11 is 1.73. The lowest BCUT2D eigenvalue weighted by Gasteiger charge is -2.15. The number of likely N-dealkylation sites (tertiary alicyclic amines) is 1. The van der Waals surface area contributed by atoms with Gasteiger partial charge in [0.15, 0.2) is 0 Å². The Morgan fingerprint density at radius 2 is 2.11 bits per heavy atom. The van der Waals surface area contributed by atoms with Gasteiger partial charge in [-0.05, 0) is 12.8 Å². The summed E-state index contributed by atoms with van der Waals surface area (Å²) in [6.07, 6.45) is 4.21. The minimum Gasteiger partial charge on any atom is -0.342 e. The van der Waals surface area contributed by atoms with E-state index in [1.165, 1.54) is 4.88 Å². The van der Waals surface area contributed by atoms with Crippen molar-refractivity contribution in [1.82, 2.24) is 15.2 Å². The second kappa shape index (κ2) is 6.01. The van der Waals surface area contributed by atoms with Crippen LogP contribution >= 0.6 is 11.3 Å². The summed E-state index contributed by atoms with van der Waals surface area (Å²) in [5, 5.41) is 4.37. The Bertz CT molecular complexity index is 430. The van der Waals surface area contributed by atoms with Gasteiger partial charge in [-0.1, -0.05) is 20.8 Å². The fourth-order valence-electron chi connectivity index (χ4n) is 2.11. The zero-order valence-electron chi connectivity index (χ0n) is 12.0. The second-order valence-electron chi connectivity index (χ2n) is 6.07. The molecule has 4 nitrogen and oxygen atoms in total. The smallest absolute Gasteiger partial charge is 0.236 e. The minimum atomic E-state index is 0.105. The summed E-state index contributed by atoms with van der Waals surface area (Å²) in [7, 11) is 0. The first-order chi connectivity index (χ1) is 8.97. The van der Waals surface area contributed by atoms with Crippen molar-refractivity contribution in [3.63, 3.8) is 0 Å². The lowest BCUT2D eigenvalue weighted by molar-refractivity contribution is -0.129. The van der Waals surface area contributed by atoms with Gasteiger partial charge in [0.2, 0.25) is 5.91 Å². The van der Waals surface area contributed by atoms with E-state index in [2.05, 4.69) is 31.1 Å². The van der Waals surface area contributed by atoms with Gasteiger partial charge in [-0.15, -0.1) is 11.3 Å². The van der Waals surface area contributed by atoms with Crippen molar-refractivity contribution in [3.05, 3.63) is 16.1 Å². The van der Waals surface area contributed by atoms with Crippen LogP contribution in [0.3, 0.4) is 0 Å². The Balaban J connectivity index is 1.76. The van der Waals surface area contributed by atoms with Crippen LogP contribution in [0.15, 0.2) is 6.20 Å². The molecule has 2 heterocycles. The Kier molecular flexibility index (Phi) is 4.58. The van der Waals surface area contributed by atoms with Crippen LogP contribution < -0.4 is 5.32 Å². The molecule has 1 aromatic rings. The number of carbonyl (C=O) groups is 1. The van der Waals surface area contributed by atoms with E-state index < -0.39 is 0 Å². The van der Waals surface area contributed by atoms with Gasteiger partial charge in [-0.2, -0.15) is 0 Å². The van der Waals surface area contributed by atoms with Crippen LogP contribution in [0.4, 0.5) is 0 Å². The van der Waals surface area contributed by atoms with Crippen molar-refractivity contribution in [1.29, 1.82) is 0 Å².